The molecule has 1 N–H and O–H groups in total. The molecule has 0 saturated carbocycles. The van der Waals surface area contributed by atoms with Crippen molar-refractivity contribution in [2.45, 2.75) is 19.3 Å². The van der Waals surface area contributed by atoms with E-state index in [1.807, 2.05) is 55.5 Å². The van der Waals surface area contributed by atoms with Crippen molar-refractivity contribution < 1.29 is 14.6 Å². The maximum atomic E-state index is 11.6. The summed E-state index contributed by atoms with van der Waals surface area (Å²) >= 11 is 0. The number of hydrogen-bond donors (Lipinski definition) is 1. The van der Waals surface area contributed by atoms with E-state index < -0.39 is 11.9 Å². The molecular weight excluding hydrogens is 252 g/mol. The Morgan fingerprint density at radius 2 is 1.95 bits per heavy atom. The van der Waals surface area contributed by atoms with Crippen LogP contribution >= 0.6 is 0 Å². The van der Waals surface area contributed by atoms with Gasteiger partial charge < -0.3 is 9.84 Å². The number of rotatable bonds is 5. The molecule has 0 aromatic heterocycles. The van der Waals surface area contributed by atoms with Gasteiger partial charge in [-0.3, -0.25) is 4.79 Å². The highest BCUT2D eigenvalue weighted by molar-refractivity contribution is 5.76. The van der Waals surface area contributed by atoms with E-state index in [-0.39, 0.29) is 0 Å². The molecule has 0 aliphatic carbocycles. The van der Waals surface area contributed by atoms with Crippen molar-refractivity contribution in [3.8, 4) is 5.75 Å². The number of carbonyl (C=O) groups is 1. The number of carboxylic acids is 1. The van der Waals surface area contributed by atoms with Gasteiger partial charge in [0, 0.05) is 0 Å². The van der Waals surface area contributed by atoms with Crippen LogP contribution in [0.3, 0.4) is 0 Å². The van der Waals surface area contributed by atoms with Crippen LogP contribution in [0.4, 0.5) is 0 Å². The third-order valence-electron chi connectivity index (χ3n) is 3.36. The Morgan fingerprint density at radius 3 is 2.60 bits per heavy atom. The Kier molecular flexibility index (Phi) is 4.41. The number of aryl methyl sites for hydroxylation is 1. The summed E-state index contributed by atoms with van der Waals surface area (Å²) in [6.07, 6.45) is 0.419. The Balaban J connectivity index is 2.33. The summed E-state index contributed by atoms with van der Waals surface area (Å²) in [6.45, 7) is 1.96. The summed E-state index contributed by atoms with van der Waals surface area (Å²) in [4.78, 5) is 11.6. The van der Waals surface area contributed by atoms with Gasteiger partial charge in [0.15, 0.2) is 0 Å². The van der Waals surface area contributed by atoms with Crippen molar-refractivity contribution >= 4 is 5.97 Å². The van der Waals surface area contributed by atoms with E-state index in [2.05, 4.69) is 0 Å². The second-order valence-corrected chi connectivity index (χ2v) is 4.82. The lowest BCUT2D eigenvalue weighted by Gasteiger charge is -2.15. The van der Waals surface area contributed by atoms with Gasteiger partial charge >= 0.3 is 5.97 Å². The van der Waals surface area contributed by atoms with Crippen LogP contribution in [0.2, 0.25) is 0 Å². The van der Waals surface area contributed by atoms with Gasteiger partial charge in [0.2, 0.25) is 0 Å². The SMILES string of the molecule is COc1ccccc1CC(C(=O)O)c1cccc(C)c1. The zero-order valence-corrected chi connectivity index (χ0v) is 11.7. The molecule has 104 valence electrons. The standard InChI is InChI=1S/C17H18O3/c1-12-6-5-8-13(10-12)15(17(18)19)11-14-7-3-4-9-16(14)20-2/h3-10,15H,11H2,1-2H3,(H,18,19). The monoisotopic (exact) mass is 270 g/mol. The van der Waals surface area contributed by atoms with E-state index in [0.29, 0.717) is 6.42 Å². The molecule has 0 saturated heterocycles. The normalized spacial score (nSPS) is 11.9. The first kappa shape index (κ1) is 14.1. The predicted molar refractivity (Wildman–Crippen MR) is 78.3 cm³/mol. The largest absolute Gasteiger partial charge is 0.496 e. The second kappa shape index (κ2) is 6.24. The molecule has 1 unspecified atom stereocenters. The molecule has 20 heavy (non-hydrogen) atoms. The van der Waals surface area contributed by atoms with Gasteiger partial charge in [-0.1, -0.05) is 48.0 Å². The van der Waals surface area contributed by atoms with E-state index >= 15 is 0 Å². The predicted octanol–water partition coefficient (Wildman–Crippen LogP) is 3.41. The Labute approximate surface area is 118 Å². The average molecular weight is 270 g/mol. The summed E-state index contributed by atoms with van der Waals surface area (Å²) in [5, 5.41) is 9.50. The first-order chi connectivity index (χ1) is 9.61. The fourth-order valence-electron chi connectivity index (χ4n) is 2.33. The third-order valence-corrected chi connectivity index (χ3v) is 3.36. The number of benzene rings is 2. The van der Waals surface area contributed by atoms with Crippen molar-refractivity contribution in [3.63, 3.8) is 0 Å². The van der Waals surface area contributed by atoms with Gasteiger partial charge in [-0.25, -0.2) is 0 Å². The highest BCUT2D eigenvalue weighted by atomic mass is 16.5. The minimum Gasteiger partial charge on any atom is -0.496 e. The molecule has 2 aromatic rings. The molecule has 3 nitrogen and oxygen atoms in total. The summed E-state index contributed by atoms with van der Waals surface area (Å²) in [5.74, 6) is -0.654. The molecule has 0 aliphatic rings. The van der Waals surface area contributed by atoms with E-state index in [9.17, 15) is 9.90 Å². The third kappa shape index (κ3) is 3.18. The summed E-state index contributed by atoms with van der Waals surface area (Å²) < 4.78 is 5.29. The molecule has 1 atom stereocenters. The second-order valence-electron chi connectivity index (χ2n) is 4.82. The molecule has 2 rings (SSSR count). The van der Waals surface area contributed by atoms with Crippen molar-refractivity contribution in [2.75, 3.05) is 7.11 Å². The lowest BCUT2D eigenvalue weighted by molar-refractivity contribution is -0.138. The van der Waals surface area contributed by atoms with Gasteiger partial charge in [-0.15, -0.1) is 0 Å². The Morgan fingerprint density at radius 1 is 1.20 bits per heavy atom. The summed E-state index contributed by atoms with van der Waals surface area (Å²) in [5.41, 5.74) is 2.79. The average Bonchev–Trinajstić information content (AvgIpc) is 2.44. The van der Waals surface area contributed by atoms with Crippen molar-refractivity contribution in [3.05, 3.63) is 65.2 Å². The lowest BCUT2D eigenvalue weighted by atomic mass is 9.91. The highest BCUT2D eigenvalue weighted by Crippen LogP contribution is 2.27. The lowest BCUT2D eigenvalue weighted by Crippen LogP contribution is -2.15. The van der Waals surface area contributed by atoms with Crippen molar-refractivity contribution in [2.24, 2.45) is 0 Å². The smallest absolute Gasteiger partial charge is 0.311 e. The molecule has 0 amide bonds. The summed E-state index contributed by atoms with van der Waals surface area (Å²) in [6, 6.07) is 15.2. The van der Waals surface area contributed by atoms with E-state index in [4.69, 9.17) is 4.74 Å². The maximum Gasteiger partial charge on any atom is 0.311 e. The fraction of sp³-hybridized carbons (Fsp3) is 0.235. The van der Waals surface area contributed by atoms with Crippen molar-refractivity contribution in [1.29, 1.82) is 0 Å². The van der Waals surface area contributed by atoms with Crippen LogP contribution in [0.15, 0.2) is 48.5 Å². The van der Waals surface area contributed by atoms with Gasteiger partial charge in [-0.2, -0.15) is 0 Å². The van der Waals surface area contributed by atoms with Crippen LogP contribution in [0.25, 0.3) is 0 Å². The molecule has 3 heteroatoms. The molecule has 0 bridgehead atoms. The fourth-order valence-corrected chi connectivity index (χ4v) is 2.33. The highest BCUT2D eigenvalue weighted by Gasteiger charge is 2.21. The van der Waals surface area contributed by atoms with E-state index in [0.717, 1.165) is 22.4 Å². The quantitative estimate of drug-likeness (QED) is 0.905. The van der Waals surface area contributed by atoms with E-state index in [1.165, 1.54) is 0 Å². The van der Waals surface area contributed by atoms with Crippen LogP contribution in [0, 0.1) is 6.92 Å². The zero-order chi connectivity index (χ0) is 14.5. The van der Waals surface area contributed by atoms with Crippen LogP contribution in [-0.4, -0.2) is 18.2 Å². The molecule has 2 aromatic carbocycles. The zero-order valence-electron chi connectivity index (χ0n) is 11.7. The van der Waals surface area contributed by atoms with Gasteiger partial charge in [0.05, 0.1) is 13.0 Å². The number of aliphatic carboxylic acids is 1. The molecule has 0 radical (unpaired) electrons. The molecule has 0 spiro atoms. The first-order valence-electron chi connectivity index (χ1n) is 6.53. The van der Waals surface area contributed by atoms with Gasteiger partial charge in [0.1, 0.15) is 5.75 Å². The number of hydrogen-bond acceptors (Lipinski definition) is 2. The van der Waals surface area contributed by atoms with Gasteiger partial charge in [-0.05, 0) is 30.5 Å². The Hall–Kier alpha value is -2.29. The van der Waals surface area contributed by atoms with Crippen LogP contribution in [-0.2, 0) is 11.2 Å². The number of ether oxygens (including phenoxy) is 1. The Bertz CT molecular complexity index is 605. The van der Waals surface area contributed by atoms with Crippen LogP contribution in [0.1, 0.15) is 22.6 Å². The molecule has 0 fully saturated rings. The minimum atomic E-state index is -0.818. The number of carboxylic acid groups (broad SMARTS) is 1. The number of methoxy groups -OCH3 is 1. The topological polar surface area (TPSA) is 46.5 Å². The van der Waals surface area contributed by atoms with Crippen molar-refractivity contribution in [1.82, 2.24) is 0 Å². The first-order valence-corrected chi connectivity index (χ1v) is 6.53. The van der Waals surface area contributed by atoms with Crippen LogP contribution in [0.5, 0.6) is 5.75 Å². The molecular formula is C17H18O3. The minimum absolute atomic E-state index is 0.419. The molecule has 0 aliphatic heterocycles. The molecule has 0 heterocycles. The summed E-state index contributed by atoms with van der Waals surface area (Å²) in [7, 11) is 1.60. The van der Waals surface area contributed by atoms with Gasteiger partial charge in [0.25, 0.3) is 0 Å². The maximum absolute atomic E-state index is 11.6. The van der Waals surface area contributed by atoms with E-state index in [1.54, 1.807) is 7.11 Å². The van der Waals surface area contributed by atoms with Crippen LogP contribution < -0.4 is 4.74 Å². The number of para-hydroxylation sites is 1.